The predicted octanol–water partition coefficient (Wildman–Crippen LogP) is 2.03. The normalized spacial score (nSPS) is 21.4. The van der Waals surface area contributed by atoms with Crippen molar-refractivity contribution in [2.45, 2.75) is 25.3 Å². The van der Waals surface area contributed by atoms with Gasteiger partial charge in [0.15, 0.2) is 0 Å². The number of benzene rings is 1. The maximum Gasteiger partial charge on any atom is 0.293 e. The third-order valence-electron chi connectivity index (χ3n) is 4.10. The van der Waals surface area contributed by atoms with Crippen molar-refractivity contribution in [1.29, 1.82) is 5.26 Å². The third kappa shape index (κ3) is 2.58. The smallest absolute Gasteiger partial charge is 0.293 e. The van der Waals surface area contributed by atoms with Gasteiger partial charge in [0, 0.05) is 19.2 Å². The summed E-state index contributed by atoms with van der Waals surface area (Å²) in [5.74, 6) is 0.371. The number of anilines is 1. The van der Waals surface area contributed by atoms with Crippen LogP contribution in [-0.2, 0) is 0 Å². The molecule has 2 unspecified atom stereocenters. The predicted molar refractivity (Wildman–Crippen MR) is 76.4 cm³/mol. The van der Waals surface area contributed by atoms with Crippen LogP contribution < -0.4 is 10.6 Å². The number of rotatable bonds is 4. The first kappa shape index (κ1) is 14.3. The van der Waals surface area contributed by atoms with Crippen molar-refractivity contribution in [1.82, 2.24) is 0 Å². The summed E-state index contributed by atoms with van der Waals surface area (Å²) >= 11 is 0. The number of nitro benzene ring substituents is 1. The Hall–Kier alpha value is -2.13. The molecule has 0 spiro atoms. The van der Waals surface area contributed by atoms with Crippen molar-refractivity contribution in [2.75, 3.05) is 18.5 Å². The third-order valence-corrected chi connectivity index (χ3v) is 4.10. The molecule has 1 fully saturated rings. The summed E-state index contributed by atoms with van der Waals surface area (Å²) in [6.45, 7) is 0.596. The maximum atomic E-state index is 11.2. The van der Waals surface area contributed by atoms with E-state index >= 15 is 0 Å². The Bertz CT molecular complexity index is 553. The molecule has 1 aromatic rings. The van der Waals surface area contributed by atoms with Crippen molar-refractivity contribution in [2.24, 2.45) is 11.7 Å². The second kappa shape index (κ2) is 5.88. The zero-order valence-corrected chi connectivity index (χ0v) is 11.5. The summed E-state index contributed by atoms with van der Waals surface area (Å²) in [7, 11) is 1.87. The minimum atomic E-state index is -0.431. The molecule has 2 N–H and O–H groups in total. The molecule has 1 saturated carbocycles. The van der Waals surface area contributed by atoms with E-state index in [0.29, 0.717) is 23.7 Å². The number of nitrogens with two attached hydrogens (primary N) is 1. The van der Waals surface area contributed by atoms with Crippen molar-refractivity contribution >= 4 is 11.4 Å². The molecule has 6 nitrogen and oxygen atoms in total. The van der Waals surface area contributed by atoms with Crippen LogP contribution in [0.4, 0.5) is 11.4 Å². The molecule has 6 heteroatoms. The summed E-state index contributed by atoms with van der Waals surface area (Å²) in [6, 6.07) is 6.77. The largest absolute Gasteiger partial charge is 0.366 e. The molecule has 0 amide bonds. The van der Waals surface area contributed by atoms with E-state index in [1.165, 1.54) is 6.07 Å². The molecule has 0 aromatic heterocycles. The highest BCUT2D eigenvalue weighted by molar-refractivity contribution is 5.65. The van der Waals surface area contributed by atoms with Gasteiger partial charge >= 0.3 is 0 Å². The molecule has 0 bridgehead atoms. The fourth-order valence-electron chi connectivity index (χ4n) is 3.02. The Kier molecular flexibility index (Phi) is 4.20. The zero-order valence-electron chi connectivity index (χ0n) is 11.5. The van der Waals surface area contributed by atoms with E-state index in [-0.39, 0.29) is 11.7 Å². The highest BCUT2D eigenvalue weighted by Gasteiger charge is 2.32. The van der Waals surface area contributed by atoms with Gasteiger partial charge in [-0.25, -0.2) is 0 Å². The average Bonchev–Trinajstić information content (AvgIpc) is 2.94. The maximum absolute atomic E-state index is 11.2. The molecule has 0 saturated heterocycles. The van der Waals surface area contributed by atoms with E-state index in [1.807, 2.05) is 18.0 Å². The van der Waals surface area contributed by atoms with E-state index in [2.05, 4.69) is 0 Å². The van der Waals surface area contributed by atoms with Gasteiger partial charge in [-0.1, -0.05) is 6.42 Å². The lowest BCUT2D eigenvalue weighted by Gasteiger charge is -2.30. The second-order valence-corrected chi connectivity index (χ2v) is 5.18. The molecule has 106 valence electrons. The van der Waals surface area contributed by atoms with Crippen LogP contribution in [0.5, 0.6) is 0 Å². The van der Waals surface area contributed by atoms with Crippen LogP contribution in [0.3, 0.4) is 0 Å². The van der Waals surface area contributed by atoms with Crippen molar-refractivity contribution in [3.8, 4) is 6.07 Å². The van der Waals surface area contributed by atoms with E-state index < -0.39 is 4.92 Å². The monoisotopic (exact) mass is 274 g/mol. The average molecular weight is 274 g/mol. The summed E-state index contributed by atoms with van der Waals surface area (Å²) in [6.07, 6.45) is 3.16. The van der Waals surface area contributed by atoms with Gasteiger partial charge in [0.25, 0.3) is 5.69 Å². The van der Waals surface area contributed by atoms with Gasteiger partial charge in [0.05, 0.1) is 16.6 Å². The summed E-state index contributed by atoms with van der Waals surface area (Å²) in [5, 5.41) is 20.1. The lowest BCUT2D eigenvalue weighted by Crippen LogP contribution is -2.38. The molecule has 0 radical (unpaired) electrons. The summed E-state index contributed by atoms with van der Waals surface area (Å²) < 4.78 is 0. The van der Waals surface area contributed by atoms with Gasteiger partial charge in [-0.15, -0.1) is 0 Å². The van der Waals surface area contributed by atoms with Crippen molar-refractivity contribution < 1.29 is 4.92 Å². The first-order chi connectivity index (χ1) is 9.58. The molecule has 1 aromatic carbocycles. The Labute approximate surface area is 117 Å². The van der Waals surface area contributed by atoms with Crippen LogP contribution in [-0.4, -0.2) is 24.6 Å². The molecule has 1 aliphatic rings. The lowest BCUT2D eigenvalue weighted by atomic mass is 10.0. The minimum Gasteiger partial charge on any atom is -0.366 e. The van der Waals surface area contributed by atoms with E-state index in [4.69, 9.17) is 11.0 Å². The first-order valence-electron chi connectivity index (χ1n) is 6.70. The van der Waals surface area contributed by atoms with E-state index in [1.54, 1.807) is 12.1 Å². The van der Waals surface area contributed by atoms with Gasteiger partial charge in [-0.2, -0.15) is 5.26 Å². The molecule has 2 atom stereocenters. The fourth-order valence-corrected chi connectivity index (χ4v) is 3.02. The Morgan fingerprint density at radius 2 is 2.30 bits per heavy atom. The van der Waals surface area contributed by atoms with Crippen LogP contribution in [0.2, 0.25) is 0 Å². The number of nitro groups is 1. The molecule has 20 heavy (non-hydrogen) atoms. The van der Waals surface area contributed by atoms with Crippen LogP contribution in [0.1, 0.15) is 24.8 Å². The van der Waals surface area contributed by atoms with Crippen molar-refractivity contribution in [3.05, 3.63) is 33.9 Å². The molecule has 0 heterocycles. The van der Waals surface area contributed by atoms with Crippen LogP contribution in [0.25, 0.3) is 0 Å². The summed E-state index contributed by atoms with van der Waals surface area (Å²) in [5.41, 5.74) is 6.62. The molecule has 0 aliphatic heterocycles. The van der Waals surface area contributed by atoms with Crippen LogP contribution in [0.15, 0.2) is 18.2 Å². The fraction of sp³-hybridized carbons (Fsp3) is 0.500. The molecular formula is C14H18N4O2. The number of nitrogens with zero attached hydrogens (tertiary/aromatic N) is 3. The highest BCUT2D eigenvalue weighted by Crippen LogP contribution is 2.36. The number of nitriles is 1. The van der Waals surface area contributed by atoms with Crippen LogP contribution in [0, 0.1) is 27.4 Å². The topological polar surface area (TPSA) is 96.2 Å². The van der Waals surface area contributed by atoms with Crippen molar-refractivity contribution in [3.63, 3.8) is 0 Å². The van der Waals surface area contributed by atoms with Gasteiger partial charge in [-0.3, -0.25) is 10.1 Å². The number of hydrogen-bond acceptors (Lipinski definition) is 5. The zero-order chi connectivity index (χ0) is 14.7. The highest BCUT2D eigenvalue weighted by atomic mass is 16.6. The van der Waals surface area contributed by atoms with Gasteiger partial charge in [0.1, 0.15) is 5.69 Å². The van der Waals surface area contributed by atoms with E-state index in [0.717, 1.165) is 19.3 Å². The van der Waals surface area contributed by atoms with Crippen LogP contribution >= 0.6 is 0 Å². The first-order valence-corrected chi connectivity index (χ1v) is 6.70. The Balaban J connectivity index is 2.36. The second-order valence-electron chi connectivity index (χ2n) is 5.18. The van der Waals surface area contributed by atoms with E-state index in [9.17, 15) is 10.1 Å². The molecule has 2 rings (SSSR count). The minimum absolute atomic E-state index is 0.0192. The van der Waals surface area contributed by atoms with Gasteiger partial charge in [-0.05, 0) is 37.4 Å². The SMILES string of the molecule is CN(c1ccc(C#N)cc1[N+](=O)[O-])C1CCCC1CN. The van der Waals surface area contributed by atoms with Gasteiger partial charge < -0.3 is 10.6 Å². The quantitative estimate of drug-likeness (QED) is 0.669. The lowest BCUT2D eigenvalue weighted by molar-refractivity contribution is -0.384. The molecule has 1 aliphatic carbocycles. The van der Waals surface area contributed by atoms with Gasteiger partial charge in [0.2, 0.25) is 0 Å². The number of hydrogen-bond donors (Lipinski definition) is 1. The Morgan fingerprint density at radius 1 is 1.55 bits per heavy atom. The standard InChI is InChI=1S/C14H18N4O2/c1-17(12-4-2-3-11(12)9-16)13-6-5-10(8-15)7-14(13)18(19)20/h5-7,11-12H,2-4,9,16H2,1H3. The molecular weight excluding hydrogens is 256 g/mol. The Morgan fingerprint density at radius 3 is 2.90 bits per heavy atom. The summed E-state index contributed by atoms with van der Waals surface area (Å²) in [4.78, 5) is 12.7.